The van der Waals surface area contributed by atoms with E-state index in [9.17, 15) is 4.39 Å². The van der Waals surface area contributed by atoms with Crippen LogP contribution in [0.25, 0.3) is 51.2 Å². The highest BCUT2D eigenvalue weighted by molar-refractivity contribution is 5.96. The first-order valence-corrected chi connectivity index (χ1v) is 13.9. The Morgan fingerprint density at radius 1 is 0.907 bits per heavy atom. The third kappa shape index (κ3) is 5.75. The van der Waals surface area contributed by atoms with Gasteiger partial charge >= 0.3 is 0 Å². The molecule has 0 bridgehead atoms. The van der Waals surface area contributed by atoms with E-state index in [0.717, 1.165) is 16.7 Å². The molecule has 0 spiro atoms. The smallest absolute Gasteiger partial charge is 0.159 e. The lowest BCUT2D eigenvalue weighted by Gasteiger charge is -2.09. The number of aromatic nitrogens is 6. The quantitative estimate of drug-likeness (QED) is 0.213. The number of pyridine rings is 2. The number of imidazole rings is 1. The van der Waals surface area contributed by atoms with Crippen LogP contribution in [0.2, 0.25) is 0 Å². The van der Waals surface area contributed by atoms with Gasteiger partial charge in [0.05, 0.1) is 27.8 Å². The number of benzene rings is 2. The SMILES string of the molecule is C/C=C(/C(F)=c1/c(-c2nc3c(-c4ccc(F)cc4)cncc3[nH]2)n[nH]/c1=C/C)c1cncc(CNCc2ccccc2)c1. The Morgan fingerprint density at radius 3 is 2.44 bits per heavy atom. The molecule has 0 unspecified atom stereocenters. The average molecular weight is 574 g/mol. The van der Waals surface area contributed by atoms with Crippen LogP contribution in [0.4, 0.5) is 8.78 Å². The van der Waals surface area contributed by atoms with Crippen LogP contribution >= 0.6 is 0 Å². The molecule has 2 aromatic carbocycles. The fourth-order valence-corrected chi connectivity index (χ4v) is 5.08. The normalized spacial score (nSPS) is 13.1. The number of nitrogens with one attached hydrogen (secondary N) is 3. The van der Waals surface area contributed by atoms with Crippen molar-refractivity contribution in [2.75, 3.05) is 0 Å². The van der Waals surface area contributed by atoms with E-state index in [1.807, 2.05) is 31.2 Å². The maximum Gasteiger partial charge on any atom is 0.159 e. The molecule has 6 aromatic rings. The van der Waals surface area contributed by atoms with Crippen molar-refractivity contribution < 1.29 is 8.78 Å². The molecule has 4 aromatic heterocycles. The molecule has 0 saturated carbocycles. The fourth-order valence-electron chi connectivity index (χ4n) is 5.08. The molecule has 7 nitrogen and oxygen atoms in total. The standard InChI is InChI=1S/C34H29F2N7/c1-3-26(24-14-22(17-38-18-24)16-37-15-21-8-6-5-7-9-21)31(36)30-28(4-2)42-43-33(30)34-40-29-20-39-19-27(32(29)41-34)23-10-12-25(35)13-11-23/h3-14,17-20,37,42H,15-16H2,1-2H3,(H,40,41)/b26-3+,28-4+,31-30-. The van der Waals surface area contributed by atoms with E-state index in [0.29, 0.717) is 57.3 Å². The molecule has 0 atom stereocenters. The predicted molar refractivity (Wildman–Crippen MR) is 166 cm³/mol. The van der Waals surface area contributed by atoms with E-state index in [1.165, 1.54) is 17.7 Å². The molecule has 6 rings (SSSR count). The minimum Gasteiger partial charge on any atom is -0.335 e. The molecule has 4 heterocycles. The molecule has 0 aliphatic heterocycles. The Morgan fingerprint density at radius 2 is 1.67 bits per heavy atom. The topological polar surface area (TPSA) is 95.2 Å². The van der Waals surface area contributed by atoms with Crippen molar-refractivity contribution >= 4 is 28.5 Å². The lowest BCUT2D eigenvalue weighted by Crippen LogP contribution is -2.26. The summed E-state index contributed by atoms with van der Waals surface area (Å²) in [6.07, 6.45) is 10.3. The van der Waals surface area contributed by atoms with Gasteiger partial charge in [0.1, 0.15) is 17.3 Å². The van der Waals surface area contributed by atoms with Crippen LogP contribution in [0.15, 0.2) is 91.5 Å². The predicted octanol–water partition coefficient (Wildman–Crippen LogP) is 5.82. The Balaban J connectivity index is 1.38. The first kappa shape index (κ1) is 27.9. The third-order valence-electron chi connectivity index (χ3n) is 7.21. The van der Waals surface area contributed by atoms with Gasteiger partial charge in [-0.15, -0.1) is 0 Å². The second kappa shape index (κ2) is 12.3. The van der Waals surface area contributed by atoms with Gasteiger partial charge in [-0.05, 0) is 48.7 Å². The van der Waals surface area contributed by atoms with Crippen LogP contribution in [-0.2, 0) is 13.1 Å². The summed E-state index contributed by atoms with van der Waals surface area (Å²) in [6, 6.07) is 18.2. The fraction of sp³-hybridized carbons (Fsp3) is 0.118. The summed E-state index contributed by atoms with van der Waals surface area (Å²) >= 11 is 0. The largest absolute Gasteiger partial charge is 0.335 e. The summed E-state index contributed by atoms with van der Waals surface area (Å²) in [7, 11) is 0. The average Bonchev–Trinajstić information content (AvgIpc) is 3.67. The molecule has 0 radical (unpaired) electrons. The number of nitrogens with zero attached hydrogens (tertiary/aromatic N) is 4. The van der Waals surface area contributed by atoms with Gasteiger partial charge < -0.3 is 10.3 Å². The van der Waals surface area contributed by atoms with Crippen LogP contribution in [0.5, 0.6) is 0 Å². The van der Waals surface area contributed by atoms with Gasteiger partial charge in [-0.2, -0.15) is 5.10 Å². The number of allylic oxidation sites excluding steroid dienone is 2. The second-order valence-electron chi connectivity index (χ2n) is 10.0. The molecule has 9 heteroatoms. The van der Waals surface area contributed by atoms with Crippen molar-refractivity contribution in [2.24, 2.45) is 0 Å². The number of hydrogen-bond donors (Lipinski definition) is 3. The van der Waals surface area contributed by atoms with E-state index in [1.54, 1.807) is 56.0 Å². The minimum absolute atomic E-state index is 0.290. The summed E-state index contributed by atoms with van der Waals surface area (Å²) in [4.78, 5) is 16.8. The first-order chi connectivity index (χ1) is 21.1. The van der Waals surface area contributed by atoms with Crippen LogP contribution in [-0.4, -0.2) is 30.1 Å². The van der Waals surface area contributed by atoms with Gasteiger partial charge in [0.25, 0.3) is 0 Å². The van der Waals surface area contributed by atoms with Crippen molar-refractivity contribution in [3.8, 4) is 22.6 Å². The summed E-state index contributed by atoms with van der Waals surface area (Å²) in [5, 5.41) is 11.6. The summed E-state index contributed by atoms with van der Waals surface area (Å²) in [6.45, 7) is 4.92. The molecular formula is C34H29F2N7. The number of H-pyrrole nitrogens is 2. The summed E-state index contributed by atoms with van der Waals surface area (Å²) < 4.78 is 30.1. The van der Waals surface area contributed by atoms with Gasteiger partial charge in [0.15, 0.2) is 5.82 Å². The highest BCUT2D eigenvalue weighted by atomic mass is 19.1. The van der Waals surface area contributed by atoms with Crippen molar-refractivity contribution in [3.63, 3.8) is 0 Å². The van der Waals surface area contributed by atoms with Gasteiger partial charge in [-0.1, -0.05) is 54.6 Å². The van der Waals surface area contributed by atoms with Crippen LogP contribution in [0, 0.1) is 5.82 Å². The first-order valence-electron chi connectivity index (χ1n) is 13.9. The van der Waals surface area contributed by atoms with Gasteiger partial charge in [-0.3, -0.25) is 15.1 Å². The zero-order valence-corrected chi connectivity index (χ0v) is 23.7. The summed E-state index contributed by atoms with van der Waals surface area (Å²) in [5.74, 6) is -0.396. The van der Waals surface area contributed by atoms with Gasteiger partial charge in [0, 0.05) is 48.4 Å². The van der Waals surface area contributed by atoms with Gasteiger partial charge in [0.2, 0.25) is 0 Å². The Kier molecular flexibility index (Phi) is 7.97. The highest BCUT2D eigenvalue weighted by Crippen LogP contribution is 2.29. The zero-order chi connectivity index (χ0) is 29.8. The van der Waals surface area contributed by atoms with E-state index in [-0.39, 0.29) is 5.82 Å². The lowest BCUT2D eigenvalue weighted by atomic mass is 10.0. The van der Waals surface area contributed by atoms with Crippen LogP contribution in [0.1, 0.15) is 30.5 Å². The molecule has 0 aliphatic carbocycles. The molecule has 214 valence electrons. The highest BCUT2D eigenvalue weighted by Gasteiger charge is 2.19. The molecule has 3 N–H and O–H groups in total. The minimum atomic E-state index is -0.451. The number of halogens is 2. The molecular weight excluding hydrogens is 544 g/mol. The third-order valence-corrected chi connectivity index (χ3v) is 7.21. The maximum absolute atomic E-state index is 16.6. The zero-order valence-electron chi connectivity index (χ0n) is 23.7. The second-order valence-corrected chi connectivity index (χ2v) is 10.0. The van der Waals surface area contributed by atoms with Gasteiger partial charge in [-0.25, -0.2) is 13.8 Å². The summed E-state index contributed by atoms with van der Waals surface area (Å²) in [5.41, 5.74) is 6.27. The van der Waals surface area contributed by atoms with Crippen molar-refractivity contribution in [1.82, 2.24) is 35.5 Å². The molecule has 0 amide bonds. The molecule has 43 heavy (non-hydrogen) atoms. The number of hydrogen-bond acceptors (Lipinski definition) is 5. The monoisotopic (exact) mass is 573 g/mol. The van der Waals surface area contributed by atoms with Crippen molar-refractivity contribution in [2.45, 2.75) is 26.9 Å². The van der Waals surface area contributed by atoms with Crippen molar-refractivity contribution in [3.05, 3.63) is 125 Å². The lowest BCUT2D eigenvalue weighted by molar-refractivity contribution is 0.628. The maximum atomic E-state index is 16.6. The molecule has 0 aliphatic rings. The van der Waals surface area contributed by atoms with Crippen LogP contribution < -0.4 is 15.9 Å². The van der Waals surface area contributed by atoms with E-state index in [2.05, 4.69) is 42.6 Å². The number of aromatic amines is 2. The Bertz CT molecular complexity index is 2040. The Hall–Kier alpha value is -5.28. The van der Waals surface area contributed by atoms with E-state index >= 15 is 4.39 Å². The van der Waals surface area contributed by atoms with Crippen molar-refractivity contribution in [1.29, 1.82) is 0 Å². The van der Waals surface area contributed by atoms with Crippen LogP contribution in [0.3, 0.4) is 0 Å². The number of fused-ring (bicyclic) bond motifs is 1. The Labute approximate surface area is 246 Å². The molecule has 0 fully saturated rings. The van der Waals surface area contributed by atoms with E-state index < -0.39 is 5.83 Å². The number of rotatable bonds is 8. The van der Waals surface area contributed by atoms with E-state index in [4.69, 9.17) is 4.98 Å². The molecule has 0 saturated heterocycles.